The lowest BCUT2D eigenvalue weighted by molar-refractivity contribution is 0.0937. The van der Waals surface area contributed by atoms with E-state index in [1.54, 1.807) is 6.07 Å². The van der Waals surface area contributed by atoms with E-state index < -0.39 is 0 Å². The number of carbonyl (C=O) groups excluding carboxylic acids is 1. The topological polar surface area (TPSA) is 58.6 Å². The Balaban J connectivity index is 1.98. The van der Waals surface area contributed by atoms with Gasteiger partial charge in [-0.2, -0.15) is 0 Å². The zero-order valence-corrected chi connectivity index (χ0v) is 16.9. The molecule has 0 spiro atoms. The molecular formula is C21H26BrNO3. The van der Waals surface area contributed by atoms with Crippen LogP contribution in [0.5, 0.6) is 11.5 Å². The Kier molecular flexibility index (Phi) is 7.98. The van der Waals surface area contributed by atoms with Crippen LogP contribution in [0.1, 0.15) is 49.0 Å². The summed E-state index contributed by atoms with van der Waals surface area (Å²) >= 11 is 3.42. The number of halogens is 1. The molecular weight excluding hydrogens is 394 g/mol. The van der Waals surface area contributed by atoms with Gasteiger partial charge in [0.1, 0.15) is 11.5 Å². The molecule has 0 aliphatic rings. The molecule has 0 saturated heterocycles. The standard InChI is InChI=1S/C21H26BrNO3/c1-3-4-8-11-26-20-14-19(24)17(13-18(20)22)21(25)23-15(2)12-16-9-6-5-7-10-16/h5-7,9-10,13-15,24H,3-4,8,11-12H2,1-2H3,(H,23,25)/t15-/m1/s1. The lowest BCUT2D eigenvalue weighted by atomic mass is 10.1. The third-order valence-corrected chi connectivity index (χ3v) is 4.68. The maximum atomic E-state index is 12.5. The molecule has 2 N–H and O–H groups in total. The van der Waals surface area contributed by atoms with Crippen LogP contribution in [-0.2, 0) is 6.42 Å². The van der Waals surface area contributed by atoms with Crippen LogP contribution in [0.4, 0.5) is 0 Å². The highest BCUT2D eigenvalue weighted by molar-refractivity contribution is 9.10. The molecule has 2 aromatic carbocycles. The molecule has 0 bridgehead atoms. The van der Waals surface area contributed by atoms with Crippen LogP contribution >= 0.6 is 15.9 Å². The summed E-state index contributed by atoms with van der Waals surface area (Å²) in [6.07, 6.45) is 3.91. The first-order valence-corrected chi connectivity index (χ1v) is 9.80. The van der Waals surface area contributed by atoms with Gasteiger partial charge in [-0.05, 0) is 47.3 Å². The molecule has 0 saturated carbocycles. The molecule has 2 rings (SSSR count). The second-order valence-electron chi connectivity index (χ2n) is 6.42. The van der Waals surface area contributed by atoms with Crippen LogP contribution in [0.2, 0.25) is 0 Å². The van der Waals surface area contributed by atoms with Crippen molar-refractivity contribution in [2.24, 2.45) is 0 Å². The van der Waals surface area contributed by atoms with E-state index >= 15 is 0 Å². The van der Waals surface area contributed by atoms with Crippen LogP contribution in [0.25, 0.3) is 0 Å². The Morgan fingerprint density at radius 1 is 1.23 bits per heavy atom. The van der Waals surface area contributed by atoms with Crippen LogP contribution in [0.3, 0.4) is 0 Å². The first-order chi connectivity index (χ1) is 12.5. The molecule has 5 heteroatoms. The quantitative estimate of drug-likeness (QED) is 0.556. The fraction of sp³-hybridized carbons (Fsp3) is 0.381. The van der Waals surface area contributed by atoms with Crippen molar-refractivity contribution in [1.29, 1.82) is 0 Å². The molecule has 0 aliphatic heterocycles. The number of nitrogens with one attached hydrogen (secondary N) is 1. The van der Waals surface area contributed by atoms with Crippen LogP contribution < -0.4 is 10.1 Å². The molecule has 140 valence electrons. The predicted molar refractivity (Wildman–Crippen MR) is 108 cm³/mol. The van der Waals surface area contributed by atoms with E-state index in [4.69, 9.17) is 4.74 Å². The second kappa shape index (κ2) is 10.2. The number of ether oxygens (including phenoxy) is 1. The van der Waals surface area contributed by atoms with Crippen molar-refractivity contribution in [2.75, 3.05) is 6.61 Å². The van der Waals surface area contributed by atoms with Crippen molar-refractivity contribution in [3.05, 3.63) is 58.1 Å². The minimum absolute atomic E-state index is 0.0481. The molecule has 0 aliphatic carbocycles. The Morgan fingerprint density at radius 2 is 1.96 bits per heavy atom. The number of carbonyl (C=O) groups is 1. The van der Waals surface area contributed by atoms with E-state index in [0.29, 0.717) is 16.8 Å². The summed E-state index contributed by atoms with van der Waals surface area (Å²) in [5.74, 6) is 0.166. The molecule has 4 nitrogen and oxygen atoms in total. The summed E-state index contributed by atoms with van der Waals surface area (Å²) in [6.45, 7) is 4.67. The molecule has 0 aromatic heterocycles. The monoisotopic (exact) mass is 419 g/mol. The van der Waals surface area contributed by atoms with Crippen LogP contribution in [0.15, 0.2) is 46.9 Å². The Labute approximate surface area is 163 Å². The van der Waals surface area contributed by atoms with Crippen LogP contribution in [-0.4, -0.2) is 23.7 Å². The molecule has 0 radical (unpaired) electrons. The molecule has 0 unspecified atom stereocenters. The Morgan fingerprint density at radius 3 is 2.65 bits per heavy atom. The first-order valence-electron chi connectivity index (χ1n) is 9.01. The van der Waals surface area contributed by atoms with Gasteiger partial charge in [-0.3, -0.25) is 4.79 Å². The maximum Gasteiger partial charge on any atom is 0.255 e. The Hall–Kier alpha value is -2.01. The lowest BCUT2D eigenvalue weighted by Crippen LogP contribution is -2.34. The van der Waals surface area contributed by atoms with Gasteiger partial charge < -0.3 is 15.2 Å². The highest BCUT2D eigenvalue weighted by Gasteiger charge is 2.17. The highest BCUT2D eigenvalue weighted by Crippen LogP contribution is 2.32. The molecule has 26 heavy (non-hydrogen) atoms. The van der Waals surface area contributed by atoms with E-state index in [1.807, 2.05) is 37.3 Å². The van der Waals surface area contributed by atoms with Crippen molar-refractivity contribution < 1.29 is 14.6 Å². The van der Waals surface area contributed by atoms with Crippen molar-refractivity contribution in [1.82, 2.24) is 5.32 Å². The van der Waals surface area contributed by atoms with Gasteiger partial charge in [0.15, 0.2) is 0 Å². The Bertz CT molecular complexity index is 719. The average Bonchev–Trinajstić information content (AvgIpc) is 2.61. The van der Waals surface area contributed by atoms with Gasteiger partial charge in [0.2, 0.25) is 0 Å². The number of amides is 1. The number of hydrogen-bond donors (Lipinski definition) is 2. The molecule has 0 heterocycles. The van der Waals surface area contributed by atoms with E-state index in [9.17, 15) is 9.90 Å². The molecule has 1 amide bonds. The van der Waals surface area contributed by atoms with Gasteiger partial charge in [0.05, 0.1) is 16.6 Å². The SMILES string of the molecule is CCCCCOc1cc(O)c(C(=O)N[C@H](C)Cc2ccccc2)cc1Br. The van der Waals surface area contributed by atoms with Crippen molar-refractivity contribution in [3.63, 3.8) is 0 Å². The average molecular weight is 420 g/mol. The van der Waals surface area contributed by atoms with Crippen molar-refractivity contribution >= 4 is 21.8 Å². The lowest BCUT2D eigenvalue weighted by Gasteiger charge is -2.16. The van der Waals surface area contributed by atoms with Gasteiger partial charge in [-0.25, -0.2) is 0 Å². The second-order valence-corrected chi connectivity index (χ2v) is 7.27. The third-order valence-electron chi connectivity index (χ3n) is 4.06. The number of benzene rings is 2. The fourth-order valence-electron chi connectivity index (χ4n) is 2.69. The smallest absolute Gasteiger partial charge is 0.255 e. The summed E-state index contributed by atoms with van der Waals surface area (Å²) in [6, 6.07) is 13.0. The van der Waals surface area contributed by atoms with E-state index in [2.05, 4.69) is 28.2 Å². The summed E-state index contributed by atoms with van der Waals surface area (Å²) in [7, 11) is 0. The van der Waals surface area contributed by atoms with Crippen molar-refractivity contribution in [2.45, 2.75) is 45.6 Å². The molecule has 2 aromatic rings. The van der Waals surface area contributed by atoms with E-state index in [-0.39, 0.29) is 23.3 Å². The first kappa shape index (κ1) is 20.3. The van der Waals surface area contributed by atoms with Crippen LogP contribution in [0, 0.1) is 0 Å². The molecule has 1 atom stereocenters. The van der Waals surface area contributed by atoms with E-state index in [0.717, 1.165) is 31.2 Å². The summed E-state index contributed by atoms with van der Waals surface area (Å²) in [5, 5.41) is 13.2. The number of rotatable bonds is 9. The number of phenolic OH excluding ortho intramolecular Hbond substituents is 1. The summed E-state index contributed by atoms with van der Waals surface area (Å²) in [5.41, 5.74) is 1.39. The third kappa shape index (κ3) is 6.06. The predicted octanol–water partition coefficient (Wildman–Crippen LogP) is 5.08. The zero-order valence-electron chi connectivity index (χ0n) is 15.3. The van der Waals surface area contributed by atoms with Gasteiger partial charge in [0.25, 0.3) is 5.91 Å². The van der Waals surface area contributed by atoms with Gasteiger partial charge in [-0.15, -0.1) is 0 Å². The normalized spacial score (nSPS) is 11.8. The van der Waals surface area contributed by atoms with E-state index in [1.165, 1.54) is 6.07 Å². The number of hydrogen-bond acceptors (Lipinski definition) is 3. The fourth-order valence-corrected chi connectivity index (χ4v) is 3.15. The number of unbranched alkanes of at least 4 members (excludes halogenated alkanes) is 2. The van der Waals surface area contributed by atoms with Crippen molar-refractivity contribution in [3.8, 4) is 11.5 Å². The highest BCUT2D eigenvalue weighted by atomic mass is 79.9. The summed E-state index contributed by atoms with van der Waals surface area (Å²) < 4.78 is 6.34. The maximum absolute atomic E-state index is 12.5. The minimum atomic E-state index is -0.302. The largest absolute Gasteiger partial charge is 0.507 e. The minimum Gasteiger partial charge on any atom is -0.507 e. The number of phenols is 1. The van der Waals surface area contributed by atoms with Gasteiger partial charge in [-0.1, -0.05) is 50.1 Å². The zero-order chi connectivity index (χ0) is 18.9. The van der Waals surface area contributed by atoms with Gasteiger partial charge in [0, 0.05) is 12.1 Å². The number of aromatic hydroxyl groups is 1. The summed E-state index contributed by atoms with van der Waals surface area (Å²) in [4.78, 5) is 12.5. The van der Waals surface area contributed by atoms with Gasteiger partial charge >= 0.3 is 0 Å². The molecule has 0 fully saturated rings.